The quantitative estimate of drug-likeness (QED) is 0.747. The van der Waals surface area contributed by atoms with Crippen LogP contribution in [-0.4, -0.2) is 45.9 Å². The molecule has 0 aliphatic carbocycles. The van der Waals surface area contributed by atoms with Crippen molar-refractivity contribution in [3.63, 3.8) is 0 Å². The van der Waals surface area contributed by atoms with Crippen molar-refractivity contribution >= 4 is 27.5 Å². The van der Waals surface area contributed by atoms with Gasteiger partial charge in [-0.3, -0.25) is 4.79 Å². The van der Waals surface area contributed by atoms with Gasteiger partial charge in [-0.1, -0.05) is 35.6 Å². The molecule has 1 amide bonds. The zero-order chi connectivity index (χ0) is 19.9. The summed E-state index contributed by atoms with van der Waals surface area (Å²) in [6.45, 7) is 0.291. The van der Waals surface area contributed by atoms with Crippen molar-refractivity contribution < 1.29 is 17.9 Å². The monoisotopic (exact) mass is 406 g/mol. The van der Waals surface area contributed by atoms with Gasteiger partial charge in [-0.25, -0.2) is 12.7 Å². The van der Waals surface area contributed by atoms with Crippen LogP contribution in [0.2, 0.25) is 5.02 Å². The fourth-order valence-corrected chi connectivity index (χ4v) is 3.10. The molecule has 6 nitrogen and oxygen atoms in total. The maximum absolute atomic E-state index is 12.1. The van der Waals surface area contributed by atoms with E-state index >= 15 is 0 Å². The van der Waals surface area contributed by atoms with E-state index in [1.807, 2.05) is 6.07 Å². The number of hydrogen-bond donors (Lipinski definition) is 1. The third kappa shape index (κ3) is 5.73. The fourth-order valence-electron chi connectivity index (χ4n) is 2.00. The molecule has 0 atom stereocenters. The van der Waals surface area contributed by atoms with E-state index in [0.29, 0.717) is 16.3 Å². The van der Waals surface area contributed by atoms with E-state index in [2.05, 4.69) is 17.2 Å². The molecule has 0 saturated carbocycles. The van der Waals surface area contributed by atoms with E-state index in [-0.39, 0.29) is 24.0 Å². The lowest BCUT2D eigenvalue weighted by Crippen LogP contribution is -2.24. The molecule has 0 spiro atoms. The molecule has 2 aromatic carbocycles. The van der Waals surface area contributed by atoms with E-state index in [4.69, 9.17) is 16.3 Å². The second-order valence-corrected chi connectivity index (χ2v) is 8.13. The lowest BCUT2D eigenvalue weighted by Gasteiger charge is -2.11. The molecule has 0 saturated heterocycles. The molecule has 0 unspecified atom stereocenters. The molecule has 0 aliphatic heterocycles. The Balaban J connectivity index is 1.84. The number of ether oxygens (including phenoxy) is 1. The van der Waals surface area contributed by atoms with Gasteiger partial charge in [-0.2, -0.15) is 0 Å². The molecular weight excluding hydrogens is 388 g/mol. The number of nitrogens with one attached hydrogen (secondary N) is 1. The summed E-state index contributed by atoms with van der Waals surface area (Å²) in [6.07, 6.45) is 0. The Kier molecular flexibility index (Phi) is 7.25. The summed E-state index contributed by atoms with van der Waals surface area (Å²) in [5.41, 5.74) is 0.349. The van der Waals surface area contributed by atoms with Gasteiger partial charge in [0.25, 0.3) is 5.91 Å². The third-order valence-corrected chi connectivity index (χ3v) is 5.64. The van der Waals surface area contributed by atoms with Crippen molar-refractivity contribution in [2.45, 2.75) is 4.90 Å². The molecule has 0 aliphatic rings. The van der Waals surface area contributed by atoms with Crippen LogP contribution in [0.3, 0.4) is 0 Å². The minimum atomic E-state index is -3.52. The predicted octanol–water partition coefficient (Wildman–Crippen LogP) is 2.40. The molecule has 27 heavy (non-hydrogen) atoms. The highest BCUT2D eigenvalue weighted by molar-refractivity contribution is 7.89. The second-order valence-electron chi connectivity index (χ2n) is 5.57. The van der Waals surface area contributed by atoms with E-state index in [0.717, 1.165) is 4.31 Å². The van der Waals surface area contributed by atoms with Crippen LogP contribution < -0.4 is 10.1 Å². The highest BCUT2D eigenvalue weighted by Gasteiger charge is 2.17. The van der Waals surface area contributed by atoms with Gasteiger partial charge in [0.15, 0.2) is 0 Å². The molecule has 0 fully saturated rings. The number of amides is 1. The molecule has 8 heteroatoms. The number of para-hydroxylation sites is 1. The van der Waals surface area contributed by atoms with E-state index in [1.165, 1.54) is 38.4 Å². The zero-order valence-electron chi connectivity index (χ0n) is 14.9. The smallest absolute Gasteiger partial charge is 0.252 e. The third-order valence-electron chi connectivity index (χ3n) is 3.49. The molecule has 142 valence electrons. The Morgan fingerprint density at radius 3 is 2.41 bits per heavy atom. The topological polar surface area (TPSA) is 75.7 Å². The molecule has 2 aromatic rings. The van der Waals surface area contributed by atoms with Crippen molar-refractivity contribution in [1.29, 1.82) is 0 Å². The number of carbonyl (C=O) groups excluding carboxylic acids is 1. The average Bonchev–Trinajstić information content (AvgIpc) is 2.65. The van der Waals surface area contributed by atoms with Crippen LogP contribution >= 0.6 is 11.6 Å². The molecule has 0 radical (unpaired) electrons. The van der Waals surface area contributed by atoms with Gasteiger partial charge in [0.05, 0.1) is 16.5 Å². The first-order valence-electron chi connectivity index (χ1n) is 7.96. The molecule has 0 aromatic heterocycles. The highest BCUT2D eigenvalue weighted by Crippen LogP contribution is 2.22. The first-order valence-corrected chi connectivity index (χ1v) is 9.78. The standard InChI is InChI=1S/C19H19ClN2O4S/c1-22(2)27(24,25)16-11-9-15(10-12-16)19(23)21-13-5-6-14-26-18-8-4-3-7-17(18)20/h3-4,7-12H,13-14H2,1-2H3,(H,21,23). The van der Waals surface area contributed by atoms with Crippen LogP contribution in [0.1, 0.15) is 10.4 Å². The Morgan fingerprint density at radius 2 is 1.78 bits per heavy atom. The second kappa shape index (κ2) is 9.42. The lowest BCUT2D eigenvalue weighted by molar-refractivity contribution is 0.0958. The lowest BCUT2D eigenvalue weighted by atomic mass is 10.2. The number of benzene rings is 2. The van der Waals surface area contributed by atoms with Gasteiger partial charge in [0, 0.05) is 19.7 Å². The number of halogens is 1. The minimum absolute atomic E-state index is 0.126. The normalized spacial score (nSPS) is 10.8. The van der Waals surface area contributed by atoms with Crippen LogP contribution in [0, 0.1) is 11.8 Å². The zero-order valence-corrected chi connectivity index (χ0v) is 16.5. The Hall–Kier alpha value is -2.53. The highest BCUT2D eigenvalue weighted by atomic mass is 35.5. The van der Waals surface area contributed by atoms with Crippen LogP contribution in [0.25, 0.3) is 0 Å². The van der Waals surface area contributed by atoms with Gasteiger partial charge in [0.2, 0.25) is 10.0 Å². The van der Waals surface area contributed by atoms with Gasteiger partial charge in [-0.15, -0.1) is 0 Å². The van der Waals surface area contributed by atoms with E-state index < -0.39 is 10.0 Å². The molecule has 0 bridgehead atoms. The largest absolute Gasteiger partial charge is 0.479 e. The number of nitrogens with zero attached hydrogens (tertiary/aromatic N) is 1. The summed E-state index contributed by atoms with van der Waals surface area (Å²) in [5, 5.41) is 3.14. The van der Waals surface area contributed by atoms with Crippen molar-refractivity contribution in [3.05, 3.63) is 59.1 Å². The van der Waals surface area contributed by atoms with Crippen molar-refractivity contribution in [3.8, 4) is 17.6 Å². The number of sulfonamides is 1. The summed E-state index contributed by atoms with van der Waals surface area (Å²) in [4.78, 5) is 12.2. The molecular formula is C19H19ClN2O4S. The van der Waals surface area contributed by atoms with Crippen molar-refractivity contribution in [2.75, 3.05) is 27.2 Å². The summed E-state index contributed by atoms with van der Waals surface area (Å²) < 4.78 is 30.5. The summed E-state index contributed by atoms with van der Waals surface area (Å²) in [5.74, 6) is 5.76. The van der Waals surface area contributed by atoms with E-state index in [9.17, 15) is 13.2 Å². The van der Waals surface area contributed by atoms with Gasteiger partial charge in [0.1, 0.15) is 12.4 Å². The first kappa shape index (κ1) is 20.8. The van der Waals surface area contributed by atoms with Crippen molar-refractivity contribution in [2.24, 2.45) is 0 Å². The van der Waals surface area contributed by atoms with Gasteiger partial charge >= 0.3 is 0 Å². The Labute approximate surface area is 164 Å². The minimum Gasteiger partial charge on any atom is -0.479 e. The summed E-state index contributed by atoms with van der Waals surface area (Å²) in [6, 6.07) is 12.8. The summed E-state index contributed by atoms with van der Waals surface area (Å²) >= 11 is 5.96. The van der Waals surface area contributed by atoms with Crippen LogP contribution in [0.5, 0.6) is 5.75 Å². The number of hydrogen-bond acceptors (Lipinski definition) is 4. The fraction of sp³-hybridized carbons (Fsp3) is 0.211. The van der Waals surface area contributed by atoms with Crippen LogP contribution in [0.15, 0.2) is 53.4 Å². The van der Waals surface area contributed by atoms with Crippen molar-refractivity contribution in [1.82, 2.24) is 9.62 Å². The first-order chi connectivity index (χ1) is 12.8. The van der Waals surface area contributed by atoms with Crippen LogP contribution in [-0.2, 0) is 10.0 Å². The molecule has 0 heterocycles. The number of carbonyl (C=O) groups is 1. The average molecular weight is 407 g/mol. The SMILES string of the molecule is CN(C)S(=O)(=O)c1ccc(C(=O)NCC#CCOc2ccccc2Cl)cc1. The van der Waals surface area contributed by atoms with Gasteiger partial charge in [-0.05, 0) is 36.4 Å². The maximum atomic E-state index is 12.1. The molecule has 1 N–H and O–H groups in total. The Bertz CT molecular complexity index is 961. The summed E-state index contributed by atoms with van der Waals surface area (Å²) in [7, 11) is -0.620. The van der Waals surface area contributed by atoms with Crippen LogP contribution in [0.4, 0.5) is 0 Å². The Morgan fingerprint density at radius 1 is 1.11 bits per heavy atom. The van der Waals surface area contributed by atoms with E-state index in [1.54, 1.807) is 18.2 Å². The predicted molar refractivity (Wildman–Crippen MR) is 104 cm³/mol. The molecule has 2 rings (SSSR count). The maximum Gasteiger partial charge on any atom is 0.252 e. The number of rotatable bonds is 6. The van der Waals surface area contributed by atoms with Gasteiger partial charge < -0.3 is 10.1 Å².